The zero-order valence-electron chi connectivity index (χ0n) is 11.1. The van der Waals surface area contributed by atoms with Gasteiger partial charge in [0.15, 0.2) is 0 Å². The van der Waals surface area contributed by atoms with E-state index in [4.69, 9.17) is 10.8 Å². The number of carboxylic acids is 1. The minimum atomic E-state index is -0.812. The summed E-state index contributed by atoms with van der Waals surface area (Å²) < 4.78 is 0. The summed E-state index contributed by atoms with van der Waals surface area (Å²) >= 11 is 0. The van der Waals surface area contributed by atoms with E-state index in [1.807, 2.05) is 19.1 Å². The Morgan fingerprint density at radius 3 is 2.47 bits per heavy atom. The van der Waals surface area contributed by atoms with E-state index in [1.165, 1.54) is 0 Å². The first kappa shape index (κ1) is 15.2. The summed E-state index contributed by atoms with van der Waals surface area (Å²) in [7, 11) is 0. The van der Waals surface area contributed by atoms with Gasteiger partial charge in [0, 0.05) is 18.5 Å². The molecule has 104 valence electrons. The van der Waals surface area contributed by atoms with Crippen LogP contribution in [0.15, 0.2) is 24.3 Å². The lowest BCUT2D eigenvalue weighted by Gasteiger charge is -2.09. The predicted molar refractivity (Wildman–Crippen MR) is 73.9 cm³/mol. The molecule has 0 fully saturated rings. The molecule has 0 aromatic heterocycles. The molecule has 1 amide bonds. The molecule has 5 heteroatoms. The normalized spacial score (nSPS) is 11.9. The van der Waals surface area contributed by atoms with E-state index in [2.05, 4.69) is 5.32 Å². The highest BCUT2D eigenvalue weighted by molar-refractivity contribution is 5.90. The molecule has 19 heavy (non-hydrogen) atoms. The van der Waals surface area contributed by atoms with Gasteiger partial charge in [-0.1, -0.05) is 19.1 Å². The van der Waals surface area contributed by atoms with Crippen molar-refractivity contribution in [1.82, 2.24) is 0 Å². The molecule has 0 spiro atoms. The van der Waals surface area contributed by atoms with Crippen LogP contribution in [0.4, 0.5) is 5.69 Å². The molecular weight excluding hydrogens is 244 g/mol. The first-order valence-corrected chi connectivity index (χ1v) is 6.32. The summed E-state index contributed by atoms with van der Waals surface area (Å²) in [6, 6.07) is 7.21. The van der Waals surface area contributed by atoms with Gasteiger partial charge in [0.1, 0.15) is 0 Å². The van der Waals surface area contributed by atoms with Gasteiger partial charge in [-0.3, -0.25) is 9.59 Å². The molecule has 0 aliphatic carbocycles. The lowest BCUT2D eigenvalue weighted by atomic mass is 10.1. The number of hydrogen-bond donors (Lipinski definition) is 3. The number of carboxylic acid groups (broad SMARTS) is 1. The van der Waals surface area contributed by atoms with Crippen molar-refractivity contribution in [3.8, 4) is 0 Å². The lowest BCUT2D eigenvalue weighted by Crippen LogP contribution is -2.20. The lowest BCUT2D eigenvalue weighted by molar-refractivity contribution is -0.137. The number of carbonyl (C=O) groups is 2. The molecule has 1 aromatic rings. The Bertz CT molecular complexity index is 429. The maximum absolute atomic E-state index is 11.6. The average molecular weight is 264 g/mol. The van der Waals surface area contributed by atoms with E-state index in [0.29, 0.717) is 25.1 Å². The molecule has 0 radical (unpaired) electrons. The maximum Gasteiger partial charge on any atom is 0.303 e. The molecule has 0 aliphatic heterocycles. The number of amides is 1. The number of carbonyl (C=O) groups excluding carboxylic acids is 1. The molecule has 1 atom stereocenters. The molecule has 5 nitrogen and oxygen atoms in total. The van der Waals surface area contributed by atoms with Gasteiger partial charge in [0.25, 0.3) is 0 Å². The zero-order valence-corrected chi connectivity index (χ0v) is 11.1. The van der Waals surface area contributed by atoms with Crippen LogP contribution >= 0.6 is 0 Å². The van der Waals surface area contributed by atoms with Crippen molar-refractivity contribution in [3.63, 3.8) is 0 Å². The number of nitrogens with two attached hydrogens (primary N) is 1. The number of rotatable bonds is 7. The summed E-state index contributed by atoms with van der Waals surface area (Å²) in [6.45, 7) is 2.41. The summed E-state index contributed by atoms with van der Waals surface area (Å²) in [4.78, 5) is 22.1. The predicted octanol–water partition coefficient (Wildman–Crippen LogP) is 1.63. The second-order valence-electron chi connectivity index (χ2n) is 4.68. The molecule has 1 aromatic carbocycles. The molecule has 4 N–H and O–H groups in total. The monoisotopic (exact) mass is 264 g/mol. The molecule has 0 aliphatic rings. The highest BCUT2D eigenvalue weighted by Crippen LogP contribution is 2.12. The van der Waals surface area contributed by atoms with Gasteiger partial charge in [-0.25, -0.2) is 0 Å². The Morgan fingerprint density at radius 2 is 1.95 bits per heavy atom. The zero-order chi connectivity index (χ0) is 14.3. The fraction of sp³-hybridized carbons (Fsp3) is 0.429. The van der Waals surface area contributed by atoms with Gasteiger partial charge in [-0.05, 0) is 36.6 Å². The van der Waals surface area contributed by atoms with Crippen molar-refractivity contribution in [2.75, 3.05) is 11.9 Å². The minimum Gasteiger partial charge on any atom is -0.481 e. The number of benzene rings is 1. The SMILES string of the molecule is CC(CN)CC(=O)Nc1ccc(CCC(=O)O)cc1. The Balaban J connectivity index is 2.47. The van der Waals surface area contributed by atoms with Crippen molar-refractivity contribution in [2.45, 2.75) is 26.2 Å². The van der Waals surface area contributed by atoms with Crippen LogP contribution < -0.4 is 11.1 Å². The van der Waals surface area contributed by atoms with E-state index in [9.17, 15) is 9.59 Å². The third kappa shape index (κ3) is 6.01. The third-order valence-electron chi connectivity index (χ3n) is 2.80. The van der Waals surface area contributed by atoms with Crippen LogP contribution in [0, 0.1) is 5.92 Å². The Labute approximate surface area is 112 Å². The average Bonchev–Trinajstić information content (AvgIpc) is 2.37. The third-order valence-corrected chi connectivity index (χ3v) is 2.80. The maximum atomic E-state index is 11.6. The molecule has 0 saturated carbocycles. The highest BCUT2D eigenvalue weighted by Gasteiger charge is 2.07. The van der Waals surface area contributed by atoms with Gasteiger partial charge in [0.2, 0.25) is 5.91 Å². The molecule has 1 rings (SSSR count). The van der Waals surface area contributed by atoms with Crippen molar-refractivity contribution in [3.05, 3.63) is 29.8 Å². The fourth-order valence-corrected chi connectivity index (χ4v) is 1.62. The molecular formula is C14H20N2O3. The summed E-state index contributed by atoms with van der Waals surface area (Å²) in [5.74, 6) is -0.709. The first-order chi connectivity index (χ1) is 9.01. The van der Waals surface area contributed by atoms with Crippen LogP contribution in [0.1, 0.15) is 25.3 Å². The van der Waals surface area contributed by atoms with Crippen molar-refractivity contribution in [1.29, 1.82) is 0 Å². The first-order valence-electron chi connectivity index (χ1n) is 6.32. The number of aliphatic carboxylic acids is 1. The molecule has 0 heterocycles. The highest BCUT2D eigenvalue weighted by atomic mass is 16.4. The quantitative estimate of drug-likeness (QED) is 0.697. The molecule has 0 bridgehead atoms. The van der Waals surface area contributed by atoms with Crippen LogP contribution in [0.25, 0.3) is 0 Å². The van der Waals surface area contributed by atoms with E-state index in [0.717, 1.165) is 5.56 Å². The van der Waals surface area contributed by atoms with Crippen LogP contribution in [0.2, 0.25) is 0 Å². The van der Waals surface area contributed by atoms with Gasteiger partial charge in [-0.15, -0.1) is 0 Å². The van der Waals surface area contributed by atoms with E-state index in [1.54, 1.807) is 12.1 Å². The molecule has 1 unspecified atom stereocenters. The summed E-state index contributed by atoms with van der Waals surface area (Å²) in [5.41, 5.74) is 7.12. The van der Waals surface area contributed by atoms with Gasteiger partial charge in [-0.2, -0.15) is 0 Å². The van der Waals surface area contributed by atoms with E-state index < -0.39 is 5.97 Å². The summed E-state index contributed by atoms with van der Waals surface area (Å²) in [5, 5.41) is 11.4. The number of aryl methyl sites for hydroxylation is 1. The Hall–Kier alpha value is -1.88. The molecule has 0 saturated heterocycles. The fourth-order valence-electron chi connectivity index (χ4n) is 1.62. The second-order valence-corrected chi connectivity index (χ2v) is 4.68. The Kier molecular flexibility index (Phi) is 6.02. The van der Waals surface area contributed by atoms with Crippen molar-refractivity contribution < 1.29 is 14.7 Å². The van der Waals surface area contributed by atoms with Crippen molar-refractivity contribution in [2.24, 2.45) is 11.7 Å². The van der Waals surface area contributed by atoms with Crippen LogP contribution in [0.5, 0.6) is 0 Å². The van der Waals surface area contributed by atoms with Gasteiger partial charge < -0.3 is 16.2 Å². The minimum absolute atomic E-state index is 0.0590. The largest absolute Gasteiger partial charge is 0.481 e. The van der Waals surface area contributed by atoms with E-state index >= 15 is 0 Å². The topological polar surface area (TPSA) is 92.4 Å². The van der Waals surface area contributed by atoms with Gasteiger partial charge >= 0.3 is 5.97 Å². The standard InChI is InChI=1S/C14H20N2O3/c1-10(9-15)8-13(17)16-12-5-2-11(3-6-12)4-7-14(18)19/h2-3,5-6,10H,4,7-9,15H2,1H3,(H,16,17)(H,18,19). The smallest absolute Gasteiger partial charge is 0.303 e. The number of nitrogens with one attached hydrogen (secondary N) is 1. The number of hydrogen-bond acceptors (Lipinski definition) is 3. The van der Waals surface area contributed by atoms with E-state index in [-0.39, 0.29) is 18.2 Å². The van der Waals surface area contributed by atoms with Gasteiger partial charge in [0.05, 0.1) is 0 Å². The van der Waals surface area contributed by atoms with Crippen LogP contribution in [-0.2, 0) is 16.0 Å². The summed E-state index contributed by atoms with van der Waals surface area (Å²) in [6.07, 6.45) is 1.00. The second kappa shape index (κ2) is 7.53. The Morgan fingerprint density at radius 1 is 1.32 bits per heavy atom. The number of anilines is 1. The van der Waals surface area contributed by atoms with Crippen molar-refractivity contribution >= 4 is 17.6 Å². The van der Waals surface area contributed by atoms with Crippen LogP contribution in [-0.4, -0.2) is 23.5 Å². The van der Waals surface area contributed by atoms with Crippen LogP contribution in [0.3, 0.4) is 0 Å².